The van der Waals surface area contributed by atoms with Crippen molar-refractivity contribution in [1.29, 1.82) is 0 Å². The molecule has 9 rings (SSSR count). The second-order valence-corrected chi connectivity index (χ2v) is 9.42. The summed E-state index contributed by atoms with van der Waals surface area (Å²) >= 11 is 0. The second-order valence-electron chi connectivity index (χ2n) is 9.42. The lowest BCUT2D eigenvalue weighted by atomic mass is 10.0. The van der Waals surface area contributed by atoms with Gasteiger partial charge in [-0.25, -0.2) is 0 Å². The van der Waals surface area contributed by atoms with Crippen LogP contribution in [0.2, 0.25) is 0 Å². The van der Waals surface area contributed by atoms with E-state index in [2.05, 4.69) is 50.2 Å². The molecule has 6 bridgehead atoms. The predicted octanol–water partition coefficient (Wildman–Crippen LogP) is 0.0183. The van der Waals surface area contributed by atoms with Crippen LogP contribution in [0.5, 0.6) is 0 Å². The molecule has 9 saturated heterocycles. The minimum absolute atomic E-state index is 0.794. The van der Waals surface area contributed by atoms with Crippen molar-refractivity contribution in [2.75, 3.05) is 98.2 Å². The molecule has 0 aromatic heterocycles. The number of rotatable bonds is 0. The van der Waals surface area contributed by atoms with E-state index in [4.69, 9.17) is 0 Å². The van der Waals surface area contributed by atoms with Gasteiger partial charge in [-0.15, -0.1) is 0 Å². The summed E-state index contributed by atoms with van der Waals surface area (Å²) in [7, 11) is 0. The van der Waals surface area contributed by atoms with E-state index in [-0.39, 0.29) is 0 Å². The Balaban J connectivity index is 0.000000101. The highest BCUT2D eigenvalue weighted by Crippen LogP contribution is 2.21. The molecule has 0 spiro atoms. The lowest BCUT2D eigenvalue weighted by Gasteiger charge is -2.50. The van der Waals surface area contributed by atoms with Gasteiger partial charge in [0.05, 0.1) is 0 Å². The normalized spacial score (nSPS) is 49.7. The highest BCUT2D eigenvalue weighted by atomic mass is 15.4. The second kappa shape index (κ2) is 9.06. The van der Waals surface area contributed by atoms with Gasteiger partial charge >= 0.3 is 0 Å². The van der Waals surface area contributed by atoms with Crippen LogP contribution in [0.15, 0.2) is 0 Å². The topological polar surface area (TPSA) is 19.4 Å². The van der Waals surface area contributed by atoms with E-state index in [1.807, 2.05) is 0 Å². The van der Waals surface area contributed by atoms with Gasteiger partial charge in [-0.05, 0) is 20.8 Å². The van der Waals surface area contributed by atoms with E-state index in [0.29, 0.717) is 0 Å². The fourth-order valence-corrected chi connectivity index (χ4v) is 5.56. The molecule has 0 amide bonds. The molecule has 6 nitrogen and oxygen atoms in total. The van der Waals surface area contributed by atoms with E-state index < -0.39 is 0 Å². The molecule has 9 aliphatic heterocycles. The summed E-state index contributed by atoms with van der Waals surface area (Å²) < 4.78 is 0. The van der Waals surface area contributed by atoms with E-state index in [0.717, 1.165) is 18.1 Å². The van der Waals surface area contributed by atoms with Crippen molar-refractivity contribution in [2.24, 2.45) is 0 Å². The number of piperazine rings is 9. The maximum absolute atomic E-state index is 2.60. The Kier molecular flexibility index (Phi) is 6.72. The maximum Gasteiger partial charge on any atom is 0.0221 e. The zero-order valence-electron chi connectivity index (χ0n) is 18.0. The summed E-state index contributed by atoms with van der Waals surface area (Å²) in [5, 5.41) is 0. The molecule has 6 heteroatoms. The van der Waals surface area contributed by atoms with Crippen molar-refractivity contribution in [3.8, 4) is 0 Å². The number of hydrogen-bond donors (Lipinski definition) is 0. The number of hydrogen-bond acceptors (Lipinski definition) is 6. The van der Waals surface area contributed by atoms with Gasteiger partial charge in [-0.3, -0.25) is 29.4 Å². The Morgan fingerprint density at radius 1 is 0.407 bits per heavy atom. The molecular weight excluding hydrogens is 336 g/mol. The Labute approximate surface area is 167 Å². The monoisotopic (exact) mass is 378 g/mol. The first-order valence-corrected chi connectivity index (χ1v) is 11.5. The molecule has 0 aromatic rings. The maximum atomic E-state index is 2.60. The fraction of sp³-hybridized carbons (Fsp3) is 1.00. The average molecular weight is 379 g/mol. The summed E-state index contributed by atoms with van der Waals surface area (Å²) in [6.45, 7) is 26.7. The molecule has 0 radical (unpaired) electrons. The Hall–Kier alpha value is -0.240. The zero-order valence-corrected chi connectivity index (χ0v) is 18.0. The first-order valence-electron chi connectivity index (χ1n) is 11.5. The number of nitrogens with zero attached hydrogens (tertiary/aromatic N) is 6. The van der Waals surface area contributed by atoms with Crippen LogP contribution in [0.1, 0.15) is 20.8 Å². The third kappa shape index (κ3) is 4.85. The summed E-state index contributed by atoms with van der Waals surface area (Å²) in [5.41, 5.74) is 0. The predicted molar refractivity (Wildman–Crippen MR) is 112 cm³/mol. The smallest absolute Gasteiger partial charge is 0.0221 e. The van der Waals surface area contributed by atoms with Gasteiger partial charge in [0.2, 0.25) is 0 Å². The summed E-state index contributed by atoms with van der Waals surface area (Å²) in [6, 6.07) is 2.41. The van der Waals surface area contributed by atoms with Gasteiger partial charge in [0.15, 0.2) is 0 Å². The van der Waals surface area contributed by atoms with Gasteiger partial charge in [-0.1, -0.05) is 0 Å². The van der Waals surface area contributed by atoms with Crippen molar-refractivity contribution in [2.45, 2.75) is 38.9 Å². The molecular formula is C21H42N6. The third-order valence-electron chi connectivity index (χ3n) is 7.95. The van der Waals surface area contributed by atoms with Crippen LogP contribution < -0.4 is 0 Å². The largest absolute Gasteiger partial charge is 0.300 e. The van der Waals surface area contributed by atoms with Crippen molar-refractivity contribution in [1.82, 2.24) is 29.4 Å². The van der Waals surface area contributed by atoms with Crippen LogP contribution in [-0.2, 0) is 0 Å². The molecule has 0 aliphatic carbocycles. The van der Waals surface area contributed by atoms with Gasteiger partial charge in [0.1, 0.15) is 0 Å². The SMILES string of the molecule is C1CN2CCN1CC2.CC1C(C)N2CCN1CC2.CC1CN2CCN1CC2. The molecule has 9 fully saturated rings. The molecule has 27 heavy (non-hydrogen) atoms. The van der Waals surface area contributed by atoms with Crippen LogP contribution in [0.4, 0.5) is 0 Å². The minimum Gasteiger partial charge on any atom is -0.300 e. The van der Waals surface area contributed by atoms with E-state index in [1.54, 1.807) is 0 Å². The van der Waals surface area contributed by atoms with Crippen LogP contribution >= 0.6 is 0 Å². The number of fused-ring (bicyclic) bond motifs is 9. The van der Waals surface area contributed by atoms with Crippen LogP contribution in [-0.4, -0.2) is 146 Å². The average Bonchev–Trinajstić information content (AvgIpc) is 2.75. The van der Waals surface area contributed by atoms with Crippen LogP contribution in [0.3, 0.4) is 0 Å². The van der Waals surface area contributed by atoms with Crippen molar-refractivity contribution in [3.05, 3.63) is 0 Å². The lowest BCUT2D eigenvalue weighted by molar-refractivity contribution is -0.0218. The van der Waals surface area contributed by atoms with Crippen molar-refractivity contribution in [3.63, 3.8) is 0 Å². The van der Waals surface area contributed by atoms with Crippen LogP contribution in [0, 0.1) is 0 Å². The minimum atomic E-state index is 0.794. The third-order valence-corrected chi connectivity index (χ3v) is 7.95. The van der Waals surface area contributed by atoms with E-state index in [1.165, 1.54) is 98.2 Å². The van der Waals surface area contributed by atoms with Crippen LogP contribution in [0.25, 0.3) is 0 Å². The molecule has 0 saturated carbocycles. The molecule has 156 valence electrons. The first-order chi connectivity index (χ1) is 13.1. The molecule has 9 aliphatic rings. The van der Waals surface area contributed by atoms with Gasteiger partial charge < -0.3 is 0 Å². The summed E-state index contributed by atoms with van der Waals surface area (Å²) in [4.78, 5) is 15.4. The van der Waals surface area contributed by atoms with Gasteiger partial charge in [0, 0.05) is 116 Å². The standard InChI is InChI=1S/C8H16N2.C7H14N2.C6H12N2/c1-7-8(2)10-5-3-9(7)4-6-10;1-7-6-8-2-4-9(7)5-3-8;1-2-8-5-3-7(1)4-6-8/h7-8H,3-6H2,1-2H3;7H,2-6H2,1H3;1-6H2. The highest BCUT2D eigenvalue weighted by molar-refractivity contribution is 4.91. The highest BCUT2D eigenvalue weighted by Gasteiger charge is 2.34. The molecule has 3 unspecified atom stereocenters. The fourth-order valence-electron chi connectivity index (χ4n) is 5.56. The molecule has 9 heterocycles. The Bertz CT molecular complexity index is 407. The van der Waals surface area contributed by atoms with Gasteiger partial charge in [-0.2, -0.15) is 0 Å². The zero-order chi connectivity index (χ0) is 18.8. The quantitative estimate of drug-likeness (QED) is 0.588. The van der Waals surface area contributed by atoms with Gasteiger partial charge in [0.25, 0.3) is 0 Å². The molecule has 0 N–H and O–H groups in total. The Morgan fingerprint density at radius 2 is 0.741 bits per heavy atom. The molecule has 3 atom stereocenters. The first kappa shape index (κ1) is 20.0. The molecule has 0 aromatic carbocycles. The van der Waals surface area contributed by atoms with E-state index >= 15 is 0 Å². The van der Waals surface area contributed by atoms with Crippen molar-refractivity contribution >= 4 is 0 Å². The Morgan fingerprint density at radius 3 is 0.926 bits per heavy atom. The lowest BCUT2D eigenvalue weighted by Crippen LogP contribution is -2.64. The summed E-state index contributed by atoms with van der Waals surface area (Å²) in [5.74, 6) is 0. The van der Waals surface area contributed by atoms with E-state index in [9.17, 15) is 0 Å². The van der Waals surface area contributed by atoms with Crippen molar-refractivity contribution < 1.29 is 0 Å². The summed E-state index contributed by atoms with van der Waals surface area (Å²) in [6.07, 6.45) is 0.